The van der Waals surface area contributed by atoms with Crippen molar-refractivity contribution in [2.75, 3.05) is 6.54 Å². The van der Waals surface area contributed by atoms with Gasteiger partial charge in [-0.25, -0.2) is 0 Å². The fraction of sp³-hybridized carbons (Fsp3) is 0.429. The highest BCUT2D eigenvalue weighted by atomic mass is 16.4. The van der Waals surface area contributed by atoms with E-state index < -0.39 is 0 Å². The maximum Gasteiger partial charge on any atom is 0.248 e. The first kappa shape index (κ1) is 12.8. The van der Waals surface area contributed by atoms with Crippen LogP contribution in [0.1, 0.15) is 31.7 Å². The highest BCUT2D eigenvalue weighted by Gasteiger charge is 2.10. The summed E-state index contributed by atoms with van der Waals surface area (Å²) in [5.74, 6) is 1.25. The Hall–Kier alpha value is -1.68. The molecular weight excluding hydrogens is 226 g/mol. The second kappa shape index (κ2) is 6.31. The molecule has 0 unspecified atom stereocenters. The third kappa shape index (κ3) is 2.96. The Morgan fingerprint density at radius 3 is 2.78 bits per heavy atom. The predicted molar refractivity (Wildman–Crippen MR) is 71.1 cm³/mol. The van der Waals surface area contributed by atoms with E-state index in [-0.39, 0.29) is 0 Å². The molecule has 0 saturated carbocycles. The lowest BCUT2D eigenvalue weighted by molar-refractivity contribution is 0.477. The Morgan fingerprint density at radius 2 is 2.00 bits per heavy atom. The van der Waals surface area contributed by atoms with Crippen LogP contribution in [0.25, 0.3) is 11.5 Å². The molecule has 1 N–H and O–H groups in total. The third-order valence-electron chi connectivity index (χ3n) is 2.80. The van der Waals surface area contributed by atoms with E-state index in [1.807, 2.05) is 18.2 Å². The Morgan fingerprint density at radius 1 is 1.17 bits per heavy atom. The number of aryl methyl sites for hydroxylation is 1. The summed E-state index contributed by atoms with van der Waals surface area (Å²) in [6, 6.07) is 8.14. The molecule has 0 radical (unpaired) electrons. The van der Waals surface area contributed by atoms with E-state index in [4.69, 9.17) is 4.42 Å². The molecular formula is C14H19N3O. The van der Waals surface area contributed by atoms with Gasteiger partial charge in [0, 0.05) is 5.56 Å². The molecule has 1 aromatic heterocycles. The maximum absolute atomic E-state index is 5.67. The number of nitrogens with zero attached hydrogens (tertiary/aromatic N) is 2. The second-order valence-electron chi connectivity index (χ2n) is 4.19. The van der Waals surface area contributed by atoms with Gasteiger partial charge in [-0.3, -0.25) is 0 Å². The van der Waals surface area contributed by atoms with Crippen molar-refractivity contribution in [2.45, 2.75) is 33.2 Å². The summed E-state index contributed by atoms with van der Waals surface area (Å²) in [5.41, 5.74) is 2.27. The molecule has 1 heterocycles. The first-order chi connectivity index (χ1) is 8.85. The normalized spacial score (nSPS) is 10.8. The van der Waals surface area contributed by atoms with Crippen molar-refractivity contribution < 1.29 is 4.42 Å². The van der Waals surface area contributed by atoms with Crippen LogP contribution < -0.4 is 5.32 Å². The molecule has 2 aromatic rings. The zero-order valence-corrected chi connectivity index (χ0v) is 10.9. The molecule has 4 heteroatoms. The number of rotatable bonds is 6. The van der Waals surface area contributed by atoms with Gasteiger partial charge in [-0.15, -0.1) is 10.2 Å². The van der Waals surface area contributed by atoms with Gasteiger partial charge in [0.2, 0.25) is 11.8 Å². The minimum Gasteiger partial charge on any atom is -0.419 e. The van der Waals surface area contributed by atoms with Gasteiger partial charge in [0.05, 0.1) is 6.54 Å². The highest BCUT2D eigenvalue weighted by Crippen LogP contribution is 2.22. The SMILES string of the molecule is CCCNCc1nnc(-c2ccccc2CC)o1. The lowest BCUT2D eigenvalue weighted by Crippen LogP contribution is -2.13. The summed E-state index contributed by atoms with van der Waals surface area (Å²) < 4.78 is 5.67. The molecule has 1 aromatic carbocycles. The molecule has 0 saturated heterocycles. The van der Waals surface area contributed by atoms with Gasteiger partial charge in [-0.2, -0.15) is 0 Å². The van der Waals surface area contributed by atoms with E-state index in [1.54, 1.807) is 0 Å². The van der Waals surface area contributed by atoms with Crippen molar-refractivity contribution in [3.05, 3.63) is 35.7 Å². The summed E-state index contributed by atoms with van der Waals surface area (Å²) >= 11 is 0. The van der Waals surface area contributed by atoms with Crippen LogP contribution in [0, 0.1) is 0 Å². The van der Waals surface area contributed by atoms with E-state index in [9.17, 15) is 0 Å². The predicted octanol–water partition coefficient (Wildman–Crippen LogP) is 2.80. The summed E-state index contributed by atoms with van der Waals surface area (Å²) in [7, 11) is 0. The van der Waals surface area contributed by atoms with E-state index in [0.717, 1.165) is 24.9 Å². The van der Waals surface area contributed by atoms with Crippen LogP contribution in [-0.2, 0) is 13.0 Å². The molecule has 18 heavy (non-hydrogen) atoms. The minimum absolute atomic E-state index is 0.612. The van der Waals surface area contributed by atoms with Crippen molar-refractivity contribution in [1.82, 2.24) is 15.5 Å². The topological polar surface area (TPSA) is 51.0 Å². The number of aromatic nitrogens is 2. The van der Waals surface area contributed by atoms with Gasteiger partial charge >= 0.3 is 0 Å². The molecule has 0 spiro atoms. The molecule has 0 fully saturated rings. The molecule has 0 atom stereocenters. The van der Waals surface area contributed by atoms with Crippen LogP contribution in [0.15, 0.2) is 28.7 Å². The molecule has 0 bridgehead atoms. The number of benzene rings is 1. The van der Waals surface area contributed by atoms with Crippen molar-refractivity contribution in [3.63, 3.8) is 0 Å². The largest absolute Gasteiger partial charge is 0.419 e. The van der Waals surface area contributed by atoms with E-state index >= 15 is 0 Å². The van der Waals surface area contributed by atoms with E-state index in [0.29, 0.717) is 18.3 Å². The van der Waals surface area contributed by atoms with Gasteiger partial charge < -0.3 is 9.73 Å². The van der Waals surface area contributed by atoms with Crippen LogP contribution in [0.3, 0.4) is 0 Å². The Labute approximate surface area is 107 Å². The Bertz CT molecular complexity index is 493. The zero-order chi connectivity index (χ0) is 12.8. The summed E-state index contributed by atoms with van der Waals surface area (Å²) in [4.78, 5) is 0. The van der Waals surface area contributed by atoms with Crippen LogP contribution >= 0.6 is 0 Å². The molecule has 96 valence electrons. The number of hydrogen-bond donors (Lipinski definition) is 1. The first-order valence-electron chi connectivity index (χ1n) is 6.46. The highest BCUT2D eigenvalue weighted by molar-refractivity contribution is 5.58. The second-order valence-corrected chi connectivity index (χ2v) is 4.19. The van der Waals surface area contributed by atoms with Crippen LogP contribution in [0.2, 0.25) is 0 Å². The van der Waals surface area contributed by atoms with Crippen LogP contribution in [-0.4, -0.2) is 16.7 Å². The quantitative estimate of drug-likeness (QED) is 0.795. The average Bonchev–Trinajstić information content (AvgIpc) is 2.88. The zero-order valence-electron chi connectivity index (χ0n) is 10.9. The minimum atomic E-state index is 0.612. The van der Waals surface area contributed by atoms with Gasteiger partial charge in [0.1, 0.15) is 0 Å². The Balaban J connectivity index is 2.13. The molecule has 2 rings (SSSR count). The summed E-state index contributed by atoms with van der Waals surface area (Å²) in [6.07, 6.45) is 2.06. The maximum atomic E-state index is 5.67. The number of hydrogen-bond acceptors (Lipinski definition) is 4. The van der Waals surface area contributed by atoms with Gasteiger partial charge in [0.15, 0.2) is 0 Å². The smallest absolute Gasteiger partial charge is 0.248 e. The fourth-order valence-electron chi connectivity index (χ4n) is 1.84. The van der Waals surface area contributed by atoms with E-state index in [2.05, 4.69) is 35.4 Å². The lowest BCUT2D eigenvalue weighted by Gasteiger charge is -2.02. The van der Waals surface area contributed by atoms with Crippen LogP contribution in [0.5, 0.6) is 0 Å². The number of nitrogens with one attached hydrogen (secondary N) is 1. The lowest BCUT2D eigenvalue weighted by atomic mass is 10.1. The van der Waals surface area contributed by atoms with Gasteiger partial charge in [0.25, 0.3) is 0 Å². The van der Waals surface area contributed by atoms with Crippen molar-refractivity contribution in [3.8, 4) is 11.5 Å². The molecule has 0 amide bonds. The van der Waals surface area contributed by atoms with Crippen LogP contribution in [0.4, 0.5) is 0 Å². The third-order valence-corrected chi connectivity index (χ3v) is 2.80. The molecule has 0 aliphatic heterocycles. The molecule has 0 aliphatic carbocycles. The van der Waals surface area contributed by atoms with E-state index in [1.165, 1.54) is 5.56 Å². The van der Waals surface area contributed by atoms with Gasteiger partial charge in [-0.1, -0.05) is 32.0 Å². The van der Waals surface area contributed by atoms with Crippen molar-refractivity contribution in [1.29, 1.82) is 0 Å². The van der Waals surface area contributed by atoms with Crippen molar-refractivity contribution >= 4 is 0 Å². The summed E-state index contributed by atoms with van der Waals surface area (Å²) in [6.45, 7) is 5.85. The fourth-order valence-corrected chi connectivity index (χ4v) is 1.84. The molecule has 4 nitrogen and oxygen atoms in total. The average molecular weight is 245 g/mol. The standard InChI is InChI=1S/C14H19N3O/c1-3-9-15-10-13-16-17-14(18-13)12-8-6-5-7-11(12)4-2/h5-8,15H,3-4,9-10H2,1-2H3. The van der Waals surface area contributed by atoms with Crippen molar-refractivity contribution in [2.24, 2.45) is 0 Å². The first-order valence-corrected chi connectivity index (χ1v) is 6.46. The van der Waals surface area contributed by atoms with Gasteiger partial charge in [-0.05, 0) is 31.0 Å². The summed E-state index contributed by atoms with van der Waals surface area (Å²) in [5, 5.41) is 11.4. The molecule has 0 aliphatic rings. The monoisotopic (exact) mass is 245 g/mol. The Kier molecular flexibility index (Phi) is 4.47.